The summed E-state index contributed by atoms with van der Waals surface area (Å²) in [6.07, 6.45) is 8.19. The zero-order chi connectivity index (χ0) is 16.0. The first kappa shape index (κ1) is 16.8. The quantitative estimate of drug-likeness (QED) is 0.684. The first-order chi connectivity index (χ1) is 9.85. The standard InChI is InChI=1S/C19H26N2/c1-7-19-9-8-18(11-15(19)4)12-21-17(6)14(3)10-13(2)16(5)20/h7,10-11,21H,1,3,5-6,8-9,12,20H2,2,4H3/b13-10+. The van der Waals surface area contributed by atoms with Crippen LogP contribution in [0, 0.1) is 0 Å². The van der Waals surface area contributed by atoms with Crippen LogP contribution < -0.4 is 11.1 Å². The maximum atomic E-state index is 5.64. The molecule has 21 heavy (non-hydrogen) atoms. The third-order valence-electron chi connectivity index (χ3n) is 3.70. The van der Waals surface area contributed by atoms with Gasteiger partial charge in [0.1, 0.15) is 0 Å². The molecule has 112 valence electrons. The van der Waals surface area contributed by atoms with E-state index in [1.807, 2.05) is 19.1 Å². The van der Waals surface area contributed by atoms with Gasteiger partial charge in [0.05, 0.1) is 0 Å². The lowest BCUT2D eigenvalue weighted by atomic mass is 9.93. The Labute approximate surface area is 128 Å². The molecule has 3 N–H and O–H groups in total. The Morgan fingerprint density at radius 1 is 1.33 bits per heavy atom. The number of hydrogen-bond acceptors (Lipinski definition) is 2. The van der Waals surface area contributed by atoms with Crippen molar-refractivity contribution in [3.8, 4) is 0 Å². The van der Waals surface area contributed by atoms with Crippen LogP contribution in [0.1, 0.15) is 26.7 Å². The van der Waals surface area contributed by atoms with E-state index in [0.717, 1.165) is 36.2 Å². The summed E-state index contributed by atoms with van der Waals surface area (Å²) in [5.74, 6) is 0. The van der Waals surface area contributed by atoms with E-state index >= 15 is 0 Å². The average molecular weight is 282 g/mol. The second-order valence-corrected chi connectivity index (χ2v) is 5.42. The lowest BCUT2D eigenvalue weighted by Gasteiger charge is -2.18. The molecular weight excluding hydrogens is 256 g/mol. The van der Waals surface area contributed by atoms with Gasteiger partial charge in [0, 0.05) is 17.9 Å². The Kier molecular flexibility index (Phi) is 6.04. The minimum Gasteiger partial charge on any atom is -0.399 e. The molecule has 0 radical (unpaired) electrons. The van der Waals surface area contributed by atoms with Gasteiger partial charge in [-0.05, 0) is 55.1 Å². The molecule has 0 atom stereocenters. The summed E-state index contributed by atoms with van der Waals surface area (Å²) in [7, 11) is 0. The van der Waals surface area contributed by atoms with Crippen molar-refractivity contribution in [2.24, 2.45) is 5.73 Å². The molecule has 0 aliphatic heterocycles. The number of nitrogens with one attached hydrogen (secondary N) is 1. The molecule has 0 spiro atoms. The highest BCUT2D eigenvalue weighted by Crippen LogP contribution is 2.24. The van der Waals surface area contributed by atoms with Crippen molar-refractivity contribution in [2.45, 2.75) is 26.7 Å². The van der Waals surface area contributed by atoms with Crippen molar-refractivity contribution in [2.75, 3.05) is 6.54 Å². The molecule has 0 heterocycles. The summed E-state index contributed by atoms with van der Waals surface area (Å²) in [5.41, 5.74) is 12.8. The van der Waals surface area contributed by atoms with Crippen molar-refractivity contribution < 1.29 is 0 Å². The Bertz CT molecular complexity index is 568. The maximum Gasteiger partial charge on any atom is 0.0363 e. The molecule has 0 unspecified atom stereocenters. The van der Waals surface area contributed by atoms with E-state index in [4.69, 9.17) is 5.73 Å². The molecule has 0 saturated heterocycles. The fourth-order valence-electron chi connectivity index (χ4n) is 2.14. The summed E-state index contributed by atoms with van der Waals surface area (Å²) in [4.78, 5) is 0. The Morgan fingerprint density at radius 2 is 2.00 bits per heavy atom. The monoisotopic (exact) mass is 282 g/mol. The minimum atomic E-state index is 0.552. The van der Waals surface area contributed by atoms with Crippen molar-refractivity contribution in [1.82, 2.24) is 5.32 Å². The summed E-state index contributed by atoms with van der Waals surface area (Å²) in [6, 6.07) is 0. The third kappa shape index (κ3) is 4.99. The van der Waals surface area contributed by atoms with Crippen LogP contribution in [0.25, 0.3) is 0 Å². The highest BCUT2D eigenvalue weighted by molar-refractivity contribution is 5.42. The van der Waals surface area contributed by atoms with E-state index < -0.39 is 0 Å². The fourth-order valence-corrected chi connectivity index (χ4v) is 2.14. The highest BCUT2D eigenvalue weighted by atomic mass is 14.9. The SMILES string of the molecule is C=CC1=C(C)C=C(CNC(=C)C(=C)/C=C(\C)C(=C)N)CC1. The summed E-state index contributed by atoms with van der Waals surface area (Å²) < 4.78 is 0. The molecule has 0 bridgehead atoms. The zero-order valence-corrected chi connectivity index (χ0v) is 13.3. The highest BCUT2D eigenvalue weighted by Gasteiger charge is 2.09. The van der Waals surface area contributed by atoms with Gasteiger partial charge in [-0.2, -0.15) is 0 Å². The van der Waals surface area contributed by atoms with Gasteiger partial charge in [0.2, 0.25) is 0 Å². The zero-order valence-electron chi connectivity index (χ0n) is 13.3. The fraction of sp³-hybridized carbons (Fsp3) is 0.263. The first-order valence-corrected chi connectivity index (χ1v) is 7.12. The third-order valence-corrected chi connectivity index (χ3v) is 3.70. The van der Waals surface area contributed by atoms with Crippen LogP contribution in [-0.2, 0) is 0 Å². The van der Waals surface area contributed by atoms with E-state index in [-0.39, 0.29) is 0 Å². The van der Waals surface area contributed by atoms with E-state index in [1.54, 1.807) is 0 Å². The van der Waals surface area contributed by atoms with Crippen LogP contribution in [-0.4, -0.2) is 6.54 Å². The number of allylic oxidation sites excluding steroid dienone is 6. The van der Waals surface area contributed by atoms with Crippen LogP contribution in [0.4, 0.5) is 0 Å². The first-order valence-electron chi connectivity index (χ1n) is 7.12. The molecule has 0 saturated carbocycles. The Morgan fingerprint density at radius 3 is 2.52 bits per heavy atom. The second-order valence-electron chi connectivity index (χ2n) is 5.42. The summed E-state index contributed by atoms with van der Waals surface area (Å²) in [6.45, 7) is 20.4. The molecule has 0 aromatic carbocycles. The van der Waals surface area contributed by atoms with Gasteiger partial charge in [-0.3, -0.25) is 0 Å². The molecule has 0 aromatic heterocycles. The molecule has 0 aromatic rings. The largest absolute Gasteiger partial charge is 0.399 e. The molecule has 1 aliphatic rings. The maximum absolute atomic E-state index is 5.64. The smallest absolute Gasteiger partial charge is 0.0363 e. The minimum absolute atomic E-state index is 0.552. The molecule has 0 amide bonds. The molecule has 2 heteroatoms. The van der Waals surface area contributed by atoms with E-state index in [1.165, 1.54) is 16.7 Å². The average Bonchev–Trinajstić information content (AvgIpc) is 2.44. The van der Waals surface area contributed by atoms with Gasteiger partial charge in [0.25, 0.3) is 0 Å². The van der Waals surface area contributed by atoms with Gasteiger partial charge in [-0.25, -0.2) is 0 Å². The van der Waals surface area contributed by atoms with E-state index in [2.05, 4.69) is 44.6 Å². The van der Waals surface area contributed by atoms with Crippen LogP contribution >= 0.6 is 0 Å². The number of nitrogens with two attached hydrogens (primary N) is 1. The van der Waals surface area contributed by atoms with Crippen LogP contribution in [0.3, 0.4) is 0 Å². The number of rotatable bonds is 7. The molecule has 1 rings (SSSR count). The van der Waals surface area contributed by atoms with Crippen molar-refractivity contribution in [1.29, 1.82) is 0 Å². The van der Waals surface area contributed by atoms with Gasteiger partial charge in [-0.1, -0.05) is 44.0 Å². The van der Waals surface area contributed by atoms with Crippen molar-refractivity contribution in [3.63, 3.8) is 0 Å². The lowest BCUT2D eigenvalue weighted by molar-refractivity contribution is 0.805. The van der Waals surface area contributed by atoms with E-state index in [0.29, 0.717) is 5.70 Å². The van der Waals surface area contributed by atoms with Crippen LogP contribution in [0.5, 0.6) is 0 Å². The molecule has 0 fully saturated rings. The molecule has 1 aliphatic carbocycles. The predicted molar refractivity (Wildman–Crippen MR) is 93.6 cm³/mol. The molecular formula is C19H26N2. The van der Waals surface area contributed by atoms with Crippen LogP contribution in [0.2, 0.25) is 0 Å². The Balaban J connectivity index is 2.61. The molecule has 2 nitrogen and oxygen atoms in total. The van der Waals surface area contributed by atoms with Crippen molar-refractivity contribution in [3.05, 3.63) is 83.8 Å². The lowest BCUT2D eigenvalue weighted by Crippen LogP contribution is -2.18. The van der Waals surface area contributed by atoms with Gasteiger partial charge in [-0.15, -0.1) is 0 Å². The normalized spacial score (nSPS) is 15.3. The van der Waals surface area contributed by atoms with E-state index in [9.17, 15) is 0 Å². The predicted octanol–water partition coefficient (Wildman–Crippen LogP) is 4.29. The Hall–Kier alpha value is -2.22. The summed E-state index contributed by atoms with van der Waals surface area (Å²) in [5, 5.41) is 3.32. The number of hydrogen-bond donors (Lipinski definition) is 2. The van der Waals surface area contributed by atoms with Gasteiger partial charge in [0.15, 0.2) is 0 Å². The second kappa shape index (κ2) is 7.53. The van der Waals surface area contributed by atoms with Crippen LogP contribution in [0.15, 0.2) is 83.8 Å². The summed E-state index contributed by atoms with van der Waals surface area (Å²) >= 11 is 0. The van der Waals surface area contributed by atoms with Gasteiger partial charge >= 0.3 is 0 Å². The van der Waals surface area contributed by atoms with Crippen molar-refractivity contribution >= 4 is 0 Å². The topological polar surface area (TPSA) is 38.0 Å². The van der Waals surface area contributed by atoms with Gasteiger partial charge < -0.3 is 11.1 Å².